The first kappa shape index (κ1) is 18.8. The molecular formula is C6HCl3F8O2. The van der Waals surface area contributed by atoms with Crippen molar-refractivity contribution in [1.29, 1.82) is 0 Å². The molecule has 1 N–H and O–H groups in total. The third-order valence-corrected chi connectivity index (χ3v) is 3.11. The molecule has 0 aromatic heterocycles. The van der Waals surface area contributed by atoms with Gasteiger partial charge in [0.2, 0.25) is 0 Å². The normalized spacial score (nSPS) is 20.6. The molecule has 0 fully saturated rings. The average Bonchev–Trinajstić information content (AvgIpc) is 2.14. The SMILES string of the molecule is O=C(O)C(F)(F)[C@](F)(Cl)C(F)(F)[C@](F)(Cl)C(F)(F)Cl. The predicted octanol–water partition coefficient (Wildman–Crippen LogP) is 3.98. The highest BCUT2D eigenvalue weighted by atomic mass is 35.5. The molecule has 0 radical (unpaired) electrons. The number of carboxylic acid groups (broad SMARTS) is 1. The van der Waals surface area contributed by atoms with Crippen molar-refractivity contribution in [3.8, 4) is 0 Å². The van der Waals surface area contributed by atoms with E-state index < -0.39 is 33.5 Å². The summed E-state index contributed by atoms with van der Waals surface area (Å²) >= 11 is 11.7. The maximum Gasteiger partial charge on any atom is 0.395 e. The molecule has 0 unspecified atom stereocenters. The van der Waals surface area contributed by atoms with Crippen LogP contribution in [0.2, 0.25) is 0 Å². The first-order chi connectivity index (χ1) is 7.94. The first-order valence-corrected chi connectivity index (χ1v) is 4.89. The van der Waals surface area contributed by atoms with Crippen LogP contribution in [0.3, 0.4) is 0 Å². The monoisotopic (exact) mass is 362 g/mol. The van der Waals surface area contributed by atoms with Crippen LogP contribution in [-0.4, -0.2) is 38.6 Å². The molecule has 0 aliphatic heterocycles. The Balaban J connectivity index is 5.99. The van der Waals surface area contributed by atoms with Gasteiger partial charge in [0.05, 0.1) is 0 Å². The highest BCUT2D eigenvalue weighted by Gasteiger charge is 2.85. The van der Waals surface area contributed by atoms with Crippen LogP contribution in [0.5, 0.6) is 0 Å². The molecule has 0 aromatic rings. The van der Waals surface area contributed by atoms with E-state index in [-0.39, 0.29) is 0 Å². The van der Waals surface area contributed by atoms with Crippen molar-refractivity contribution in [3.63, 3.8) is 0 Å². The number of halogens is 11. The van der Waals surface area contributed by atoms with Crippen LogP contribution in [0.1, 0.15) is 0 Å². The molecule has 0 aliphatic carbocycles. The minimum Gasteiger partial charge on any atom is -0.477 e. The van der Waals surface area contributed by atoms with Gasteiger partial charge in [-0.1, -0.05) is 23.2 Å². The smallest absolute Gasteiger partial charge is 0.395 e. The minimum absolute atomic E-state index is 3.56. The fourth-order valence-corrected chi connectivity index (χ4v) is 1.21. The zero-order valence-electron chi connectivity index (χ0n) is 8.01. The van der Waals surface area contributed by atoms with Gasteiger partial charge in [-0.3, -0.25) is 0 Å². The van der Waals surface area contributed by atoms with Crippen LogP contribution in [0, 0.1) is 0 Å². The molecule has 114 valence electrons. The summed E-state index contributed by atoms with van der Waals surface area (Å²) in [6.07, 6.45) is 0. The second-order valence-electron chi connectivity index (χ2n) is 3.10. The zero-order valence-corrected chi connectivity index (χ0v) is 10.3. The van der Waals surface area contributed by atoms with E-state index >= 15 is 0 Å². The second kappa shape index (κ2) is 4.66. The van der Waals surface area contributed by atoms with E-state index in [1.165, 1.54) is 0 Å². The van der Waals surface area contributed by atoms with Crippen LogP contribution in [0.25, 0.3) is 0 Å². The van der Waals surface area contributed by atoms with E-state index in [9.17, 15) is 39.9 Å². The van der Waals surface area contributed by atoms with Gasteiger partial charge in [0.1, 0.15) is 0 Å². The molecule has 19 heavy (non-hydrogen) atoms. The van der Waals surface area contributed by atoms with Crippen LogP contribution < -0.4 is 0 Å². The fraction of sp³-hybridized carbons (Fsp3) is 0.833. The third kappa shape index (κ3) is 2.54. The minimum atomic E-state index is -6.57. The van der Waals surface area contributed by atoms with Crippen LogP contribution >= 0.6 is 34.8 Å². The number of alkyl halides is 11. The predicted molar refractivity (Wildman–Crippen MR) is 47.7 cm³/mol. The molecule has 0 aromatic carbocycles. The zero-order chi connectivity index (χ0) is 16.1. The Kier molecular flexibility index (Phi) is 4.61. The molecule has 0 spiro atoms. The van der Waals surface area contributed by atoms with Gasteiger partial charge in [-0.15, -0.1) is 0 Å². The van der Waals surface area contributed by atoms with Crippen molar-refractivity contribution in [2.75, 3.05) is 0 Å². The Bertz CT molecular complexity index is 377. The topological polar surface area (TPSA) is 37.3 Å². The third-order valence-electron chi connectivity index (χ3n) is 1.81. The second-order valence-corrected chi connectivity index (χ2v) is 4.62. The maximum atomic E-state index is 13.1. The molecule has 0 aliphatic rings. The first-order valence-electron chi connectivity index (χ1n) is 3.76. The standard InChI is InChI=1S/C6HCl3F8O2/c7-3(12,2(10,11)1(18)19)5(14,15)4(8,13)6(9,16)17/h(H,18,19)/t3-,4-/m1/s1. The summed E-state index contributed by atoms with van der Waals surface area (Å²) in [5, 5.41) is -9.95. The molecule has 0 saturated carbocycles. The Morgan fingerprint density at radius 2 is 1.11 bits per heavy atom. The lowest BCUT2D eigenvalue weighted by Crippen LogP contribution is -2.66. The van der Waals surface area contributed by atoms with Crippen molar-refractivity contribution in [2.24, 2.45) is 0 Å². The van der Waals surface area contributed by atoms with E-state index in [0.717, 1.165) is 0 Å². The van der Waals surface area contributed by atoms with Crippen molar-refractivity contribution >= 4 is 40.8 Å². The van der Waals surface area contributed by atoms with E-state index in [0.29, 0.717) is 0 Å². The Morgan fingerprint density at radius 1 is 0.789 bits per heavy atom. The van der Waals surface area contributed by atoms with Gasteiger partial charge >= 0.3 is 33.5 Å². The van der Waals surface area contributed by atoms with Crippen LogP contribution in [-0.2, 0) is 4.79 Å². The number of carbonyl (C=O) groups is 1. The molecule has 0 amide bonds. The molecule has 2 nitrogen and oxygen atoms in total. The number of hydrogen-bond acceptors (Lipinski definition) is 1. The van der Waals surface area contributed by atoms with Gasteiger partial charge in [0.25, 0.3) is 0 Å². The highest BCUT2D eigenvalue weighted by Crippen LogP contribution is 2.59. The molecule has 0 bridgehead atoms. The summed E-state index contributed by atoms with van der Waals surface area (Å²) in [4.78, 5) is 9.90. The Labute approximate surface area is 114 Å². The lowest BCUT2D eigenvalue weighted by molar-refractivity contribution is -0.265. The van der Waals surface area contributed by atoms with Gasteiger partial charge in [0, 0.05) is 0 Å². The summed E-state index contributed by atoms with van der Waals surface area (Å²) in [5.41, 5.74) is 0. The molecule has 0 rings (SSSR count). The van der Waals surface area contributed by atoms with Gasteiger partial charge in [-0.25, -0.2) is 13.6 Å². The summed E-state index contributed by atoms with van der Waals surface area (Å²) in [7, 11) is 0. The highest BCUT2D eigenvalue weighted by molar-refractivity contribution is 6.34. The molecule has 2 atom stereocenters. The molecule has 0 saturated heterocycles. The van der Waals surface area contributed by atoms with Crippen molar-refractivity contribution in [1.82, 2.24) is 0 Å². The summed E-state index contributed by atoms with van der Waals surface area (Å²) in [6.45, 7) is 0. The van der Waals surface area contributed by atoms with E-state index in [1.807, 2.05) is 0 Å². The lowest BCUT2D eigenvalue weighted by Gasteiger charge is -2.38. The van der Waals surface area contributed by atoms with E-state index in [2.05, 4.69) is 34.8 Å². The summed E-state index contributed by atoms with van der Waals surface area (Å²) < 4.78 is 102. The number of rotatable bonds is 5. The van der Waals surface area contributed by atoms with Crippen LogP contribution in [0.4, 0.5) is 35.1 Å². The quantitative estimate of drug-likeness (QED) is 0.593. The number of aliphatic carboxylic acids is 1. The number of carboxylic acids is 1. The van der Waals surface area contributed by atoms with Crippen molar-refractivity contribution < 1.29 is 45.0 Å². The molecular weight excluding hydrogens is 362 g/mol. The molecule has 0 heterocycles. The Morgan fingerprint density at radius 3 is 1.32 bits per heavy atom. The Hall–Kier alpha value is -0.220. The number of hydrogen-bond donors (Lipinski definition) is 1. The summed E-state index contributed by atoms with van der Waals surface area (Å²) in [5.74, 6) is -16.3. The van der Waals surface area contributed by atoms with E-state index in [1.54, 1.807) is 0 Å². The van der Waals surface area contributed by atoms with Crippen LogP contribution in [0.15, 0.2) is 0 Å². The largest absolute Gasteiger partial charge is 0.477 e. The van der Waals surface area contributed by atoms with Gasteiger partial charge in [-0.05, 0) is 11.6 Å². The van der Waals surface area contributed by atoms with Gasteiger partial charge in [-0.2, -0.15) is 26.3 Å². The van der Waals surface area contributed by atoms with E-state index in [4.69, 9.17) is 5.11 Å². The van der Waals surface area contributed by atoms with Crippen molar-refractivity contribution in [2.45, 2.75) is 27.5 Å². The molecule has 13 heteroatoms. The summed E-state index contributed by atoms with van der Waals surface area (Å²) in [6, 6.07) is 0. The average molecular weight is 363 g/mol. The maximum absolute atomic E-state index is 13.1. The lowest BCUT2D eigenvalue weighted by atomic mass is 10.0. The van der Waals surface area contributed by atoms with Crippen molar-refractivity contribution in [3.05, 3.63) is 0 Å². The van der Waals surface area contributed by atoms with Gasteiger partial charge < -0.3 is 5.11 Å². The van der Waals surface area contributed by atoms with Gasteiger partial charge in [0.15, 0.2) is 0 Å². The fourth-order valence-electron chi connectivity index (χ4n) is 0.707.